The van der Waals surface area contributed by atoms with Gasteiger partial charge in [0, 0.05) is 0 Å². The topological polar surface area (TPSA) is 73.9 Å². The maximum Gasteiger partial charge on any atom is 0.258 e. The summed E-state index contributed by atoms with van der Waals surface area (Å²) in [7, 11) is 1.62. The van der Waals surface area contributed by atoms with Crippen LogP contribution in [0.4, 0.5) is 0 Å². The van der Waals surface area contributed by atoms with Gasteiger partial charge in [-0.15, -0.1) is 0 Å². The number of methoxy groups -OCH3 is 1. The lowest BCUT2D eigenvalue weighted by Crippen LogP contribution is -2.16. The Bertz CT molecular complexity index is 450. The van der Waals surface area contributed by atoms with Crippen molar-refractivity contribution in [2.45, 2.75) is 6.92 Å². The van der Waals surface area contributed by atoms with Gasteiger partial charge < -0.3 is 15.3 Å². The average molecular weight is 248 g/mol. The van der Waals surface area contributed by atoms with Crippen molar-refractivity contribution in [3.8, 4) is 5.75 Å². The maximum absolute atomic E-state index is 10.4. The highest BCUT2D eigenvalue weighted by Crippen LogP contribution is 2.12. The summed E-state index contributed by atoms with van der Waals surface area (Å²) in [5.41, 5.74) is 6.57. The summed E-state index contributed by atoms with van der Waals surface area (Å²) >= 11 is 0. The van der Waals surface area contributed by atoms with Crippen molar-refractivity contribution < 1.29 is 14.4 Å². The zero-order chi connectivity index (χ0) is 13.4. The van der Waals surface area contributed by atoms with Crippen LogP contribution in [0.5, 0.6) is 5.75 Å². The third kappa shape index (κ3) is 5.16. The van der Waals surface area contributed by atoms with Crippen molar-refractivity contribution in [2.75, 3.05) is 13.7 Å². The first-order chi connectivity index (χ1) is 8.61. The van der Waals surface area contributed by atoms with Crippen LogP contribution in [0.25, 0.3) is 6.08 Å². The number of carbonyl (C=O) groups is 1. The molecule has 0 aliphatic carbocycles. The van der Waals surface area contributed by atoms with E-state index in [1.165, 1.54) is 0 Å². The molecule has 1 rings (SSSR count). The number of rotatable bonds is 6. The molecule has 5 heteroatoms. The molecule has 0 aliphatic rings. The Hall–Kier alpha value is -2.30. The molecule has 0 spiro atoms. The zero-order valence-corrected chi connectivity index (χ0v) is 10.4. The van der Waals surface area contributed by atoms with E-state index in [-0.39, 0.29) is 6.61 Å². The smallest absolute Gasteiger partial charge is 0.258 e. The molecule has 1 amide bonds. The van der Waals surface area contributed by atoms with Crippen molar-refractivity contribution in [3.05, 3.63) is 35.9 Å². The number of hydrogen-bond donors (Lipinski definition) is 1. The van der Waals surface area contributed by atoms with E-state index in [4.69, 9.17) is 15.3 Å². The van der Waals surface area contributed by atoms with Crippen molar-refractivity contribution in [2.24, 2.45) is 10.9 Å². The Balaban J connectivity index is 2.54. The minimum absolute atomic E-state index is 0.215. The van der Waals surface area contributed by atoms with Gasteiger partial charge in [0.15, 0.2) is 6.61 Å². The van der Waals surface area contributed by atoms with Crippen molar-refractivity contribution in [1.82, 2.24) is 0 Å². The van der Waals surface area contributed by atoms with Gasteiger partial charge in [-0.05, 0) is 30.7 Å². The largest absolute Gasteiger partial charge is 0.497 e. The lowest BCUT2D eigenvalue weighted by molar-refractivity contribution is -0.122. The van der Waals surface area contributed by atoms with Gasteiger partial charge in [0.05, 0.1) is 12.8 Å². The molecule has 96 valence electrons. The molecule has 0 radical (unpaired) electrons. The number of primary amides is 1. The van der Waals surface area contributed by atoms with Crippen molar-refractivity contribution in [1.29, 1.82) is 0 Å². The zero-order valence-electron chi connectivity index (χ0n) is 10.4. The number of allylic oxidation sites excluding steroid dienone is 1. The van der Waals surface area contributed by atoms with Gasteiger partial charge in [-0.25, -0.2) is 0 Å². The van der Waals surface area contributed by atoms with E-state index < -0.39 is 5.91 Å². The van der Waals surface area contributed by atoms with Gasteiger partial charge in [0.25, 0.3) is 5.91 Å². The Morgan fingerprint density at radius 1 is 1.39 bits per heavy atom. The molecular weight excluding hydrogens is 232 g/mol. The number of nitrogens with two attached hydrogens (primary N) is 1. The summed E-state index contributed by atoms with van der Waals surface area (Å²) < 4.78 is 5.06. The second-order valence-electron chi connectivity index (χ2n) is 3.58. The quantitative estimate of drug-likeness (QED) is 0.613. The minimum Gasteiger partial charge on any atom is -0.497 e. The summed E-state index contributed by atoms with van der Waals surface area (Å²) in [6, 6.07) is 7.59. The second-order valence-corrected chi connectivity index (χ2v) is 3.58. The van der Waals surface area contributed by atoms with Crippen LogP contribution in [0.3, 0.4) is 0 Å². The monoisotopic (exact) mass is 248 g/mol. The first-order valence-electron chi connectivity index (χ1n) is 5.39. The average Bonchev–Trinajstić information content (AvgIpc) is 2.36. The molecule has 0 saturated carbocycles. The first-order valence-corrected chi connectivity index (χ1v) is 5.39. The third-order valence-corrected chi connectivity index (χ3v) is 2.05. The Morgan fingerprint density at radius 3 is 2.61 bits per heavy atom. The standard InChI is InChI=1S/C13H16N2O3/c1-10(15-18-9-13(14)16)3-4-11-5-7-12(17-2)8-6-11/h3-8H,9H2,1-2H3,(H2,14,16)/b4-3+,15-10+. The number of hydrogen-bond acceptors (Lipinski definition) is 4. The van der Waals surface area contributed by atoms with Gasteiger partial charge in [0.2, 0.25) is 0 Å². The van der Waals surface area contributed by atoms with E-state index in [9.17, 15) is 4.79 Å². The van der Waals surface area contributed by atoms with Crippen LogP contribution in [0.1, 0.15) is 12.5 Å². The Labute approximate surface area is 106 Å². The SMILES string of the molecule is COc1ccc(/C=C/C(C)=N/OCC(N)=O)cc1. The van der Waals surface area contributed by atoms with Gasteiger partial charge in [-0.1, -0.05) is 23.4 Å². The Morgan fingerprint density at radius 2 is 2.06 bits per heavy atom. The van der Waals surface area contributed by atoms with Crippen LogP contribution in [0, 0.1) is 0 Å². The molecule has 18 heavy (non-hydrogen) atoms. The van der Waals surface area contributed by atoms with Crippen molar-refractivity contribution >= 4 is 17.7 Å². The summed E-state index contributed by atoms with van der Waals surface area (Å²) in [4.78, 5) is 15.1. The molecule has 0 heterocycles. The fraction of sp³-hybridized carbons (Fsp3) is 0.231. The van der Waals surface area contributed by atoms with Crippen LogP contribution in [-0.2, 0) is 9.63 Å². The van der Waals surface area contributed by atoms with Gasteiger partial charge in [-0.3, -0.25) is 4.79 Å². The van der Waals surface area contributed by atoms with Gasteiger partial charge in [-0.2, -0.15) is 0 Å². The van der Waals surface area contributed by atoms with Crippen LogP contribution in [-0.4, -0.2) is 25.3 Å². The maximum atomic E-state index is 10.4. The molecule has 1 aromatic carbocycles. The third-order valence-electron chi connectivity index (χ3n) is 2.05. The highest BCUT2D eigenvalue weighted by Gasteiger charge is 1.93. The number of benzene rings is 1. The van der Waals surface area contributed by atoms with Crippen LogP contribution >= 0.6 is 0 Å². The molecule has 1 aromatic rings. The molecule has 0 bridgehead atoms. The molecule has 5 nitrogen and oxygen atoms in total. The molecule has 0 unspecified atom stereocenters. The van der Waals surface area contributed by atoms with Gasteiger partial charge in [0.1, 0.15) is 5.75 Å². The predicted octanol–water partition coefficient (Wildman–Crippen LogP) is 1.59. The first kappa shape index (κ1) is 13.8. The van der Waals surface area contributed by atoms with E-state index in [0.29, 0.717) is 5.71 Å². The minimum atomic E-state index is -0.550. The number of ether oxygens (including phenoxy) is 1. The fourth-order valence-electron chi connectivity index (χ4n) is 1.16. The summed E-state index contributed by atoms with van der Waals surface area (Å²) in [5, 5.41) is 3.72. The van der Waals surface area contributed by atoms with Crippen molar-refractivity contribution in [3.63, 3.8) is 0 Å². The molecule has 2 N–H and O–H groups in total. The van der Waals surface area contributed by atoms with Crippen LogP contribution in [0.15, 0.2) is 35.5 Å². The molecule has 0 aliphatic heterocycles. The summed E-state index contributed by atoms with van der Waals surface area (Å²) in [6.45, 7) is 1.55. The number of oxime groups is 1. The number of nitrogens with zero attached hydrogens (tertiary/aromatic N) is 1. The van der Waals surface area contributed by atoms with E-state index in [0.717, 1.165) is 11.3 Å². The van der Waals surface area contributed by atoms with E-state index >= 15 is 0 Å². The molecule has 0 aromatic heterocycles. The van der Waals surface area contributed by atoms with Crippen LogP contribution in [0.2, 0.25) is 0 Å². The van der Waals surface area contributed by atoms with Crippen LogP contribution < -0.4 is 10.5 Å². The lowest BCUT2D eigenvalue weighted by Gasteiger charge is -1.99. The molecule has 0 fully saturated rings. The lowest BCUT2D eigenvalue weighted by atomic mass is 10.2. The predicted molar refractivity (Wildman–Crippen MR) is 70.3 cm³/mol. The second kappa shape index (κ2) is 7.11. The van der Waals surface area contributed by atoms with E-state index in [1.54, 1.807) is 20.1 Å². The number of carbonyl (C=O) groups excluding carboxylic acids is 1. The fourth-order valence-corrected chi connectivity index (χ4v) is 1.16. The summed E-state index contributed by atoms with van der Waals surface area (Å²) in [5.74, 6) is 0.257. The molecule has 0 saturated heterocycles. The molecule has 0 atom stereocenters. The van der Waals surface area contributed by atoms with E-state index in [1.807, 2.05) is 30.3 Å². The highest BCUT2D eigenvalue weighted by atomic mass is 16.6. The van der Waals surface area contributed by atoms with Gasteiger partial charge >= 0.3 is 0 Å². The highest BCUT2D eigenvalue weighted by molar-refractivity contribution is 5.96. The molecular formula is C13H16N2O3. The normalized spacial score (nSPS) is 11.6. The van der Waals surface area contributed by atoms with E-state index in [2.05, 4.69) is 5.16 Å². The number of amides is 1. The Kier molecular flexibility index (Phi) is 5.44. The summed E-state index contributed by atoms with van der Waals surface area (Å²) in [6.07, 6.45) is 3.66.